The molecular formula is C14H14FN3O2S. The normalized spacial score (nSPS) is 14.2. The Bertz CT molecular complexity index is 670. The Balaban J connectivity index is 1.71. The molecule has 5 nitrogen and oxygen atoms in total. The standard InChI is InChI=1S/C14H14FN3O2S/c1-20-13-5-2-9(15)6-11(13)12(19)7-21-14-17-16-8-18(14)10-3-4-10/h2,5-6,8,10H,3-4,7H2,1H3. The van der Waals surface area contributed by atoms with Crippen LogP contribution in [0.25, 0.3) is 0 Å². The summed E-state index contributed by atoms with van der Waals surface area (Å²) in [5, 5.41) is 8.62. The number of methoxy groups -OCH3 is 1. The van der Waals surface area contributed by atoms with Gasteiger partial charge in [-0.25, -0.2) is 4.39 Å². The van der Waals surface area contributed by atoms with Crippen molar-refractivity contribution in [3.63, 3.8) is 0 Å². The van der Waals surface area contributed by atoms with Crippen molar-refractivity contribution in [3.8, 4) is 5.75 Å². The van der Waals surface area contributed by atoms with Gasteiger partial charge in [-0.05, 0) is 31.0 Å². The fourth-order valence-electron chi connectivity index (χ4n) is 2.04. The number of halogens is 1. The zero-order valence-corrected chi connectivity index (χ0v) is 12.3. The third kappa shape index (κ3) is 3.07. The molecule has 1 saturated carbocycles. The fraction of sp³-hybridized carbons (Fsp3) is 0.357. The van der Waals surface area contributed by atoms with Gasteiger partial charge >= 0.3 is 0 Å². The highest BCUT2D eigenvalue weighted by molar-refractivity contribution is 7.99. The molecule has 0 atom stereocenters. The SMILES string of the molecule is COc1ccc(F)cc1C(=O)CSc1nncn1C1CC1. The monoisotopic (exact) mass is 307 g/mol. The quantitative estimate of drug-likeness (QED) is 0.606. The summed E-state index contributed by atoms with van der Waals surface area (Å²) >= 11 is 1.31. The van der Waals surface area contributed by atoms with Crippen molar-refractivity contribution in [1.29, 1.82) is 0 Å². The third-order valence-corrected chi connectivity index (χ3v) is 4.23. The molecule has 110 valence electrons. The lowest BCUT2D eigenvalue weighted by Gasteiger charge is -2.08. The van der Waals surface area contributed by atoms with Gasteiger partial charge in [0.1, 0.15) is 17.9 Å². The molecule has 1 aliphatic rings. The van der Waals surface area contributed by atoms with Crippen LogP contribution < -0.4 is 4.74 Å². The van der Waals surface area contributed by atoms with Gasteiger partial charge in [0, 0.05) is 6.04 Å². The maximum absolute atomic E-state index is 13.3. The molecule has 1 heterocycles. The minimum Gasteiger partial charge on any atom is -0.496 e. The maximum Gasteiger partial charge on any atom is 0.191 e. The predicted molar refractivity (Wildman–Crippen MR) is 76.3 cm³/mol. The third-order valence-electron chi connectivity index (χ3n) is 3.27. The first-order valence-corrected chi connectivity index (χ1v) is 7.56. The zero-order chi connectivity index (χ0) is 14.8. The second kappa shape index (κ2) is 5.85. The number of hydrogen-bond donors (Lipinski definition) is 0. The number of nitrogens with zero attached hydrogens (tertiary/aromatic N) is 3. The molecule has 1 aliphatic carbocycles. The molecule has 0 unspecified atom stereocenters. The molecule has 0 N–H and O–H groups in total. The summed E-state index contributed by atoms with van der Waals surface area (Å²) < 4.78 is 20.4. The molecule has 1 fully saturated rings. The van der Waals surface area contributed by atoms with E-state index in [1.807, 2.05) is 4.57 Å². The average molecular weight is 307 g/mol. The summed E-state index contributed by atoms with van der Waals surface area (Å²) in [6.07, 6.45) is 3.93. The van der Waals surface area contributed by atoms with Crippen LogP contribution in [0, 0.1) is 5.82 Å². The molecule has 0 aliphatic heterocycles. The van der Waals surface area contributed by atoms with E-state index in [0.29, 0.717) is 11.8 Å². The second-order valence-electron chi connectivity index (χ2n) is 4.81. The summed E-state index contributed by atoms with van der Waals surface area (Å²) in [5.41, 5.74) is 0.252. The van der Waals surface area contributed by atoms with Crippen molar-refractivity contribution in [3.05, 3.63) is 35.9 Å². The van der Waals surface area contributed by atoms with E-state index in [-0.39, 0.29) is 17.1 Å². The Hall–Kier alpha value is -1.89. The number of benzene rings is 1. The molecule has 7 heteroatoms. The van der Waals surface area contributed by atoms with E-state index in [9.17, 15) is 9.18 Å². The van der Waals surface area contributed by atoms with E-state index in [2.05, 4.69) is 10.2 Å². The molecule has 0 saturated heterocycles. The number of Topliss-reactive ketones (excluding diaryl/α,β-unsaturated/α-hetero) is 1. The first kappa shape index (κ1) is 14.1. The summed E-state index contributed by atoms with van der Waals surface area (Å²) in [6.45, 7) is 0. The summed E-state index contributed by atoms with van der Waals surface area (Å²) in [7, 11) is 1.46. The van der Waals surface area contributed by atoms with Crippen LogP contribution in [-0.4, -0.2) is 33.4 Å². The summed E-state index contributed by atoms with van der Waals surface area (Å²) in [5.74, 6) is -0.0942. The smallest absolute Gasteiger partial charge is 0.191 e. The van der Waals surface area contributed by atoms with Crippen molar-refractivity contribution in [2.75, 3.05) is 12.9 Å². The summed E-state index contributed by atoms with van der Waals surface area (Å²) in [6, 6.07) is 4.39. The van der Waals surface area contributed by atoms with Gasteiger partial charge in [0.15, 0.2) is 10.9 Å². The Kier molecular flexibility index (Phi) is 3.92. The van der Waals surface area contributed by atoms with Crippen LogP contribution in [0.2, 0.25) is 0 Å². The molecule has 0 amide bonds. The molecule has 1 aromatic heterocycles. The van der Waals surface area contributed by atoms with Gasteiger partial charge in [-0.15, -0.1) is 10.2 Å². The van der Waals surface area contributed by atoms with E-state index in [4.69, 9.17) is 4.74 Å². The van der Waals surface area contributed by atoms with Gasteiger partial charge in [-0.2, -0.15) is 0 Å². The van der Waals surface area contributed by atoms with Gasteiger partial charge in [0.2, 0.25) is 0 Å². The van der Waals surface area contributed by atoms with Crippen molar-refractivity contribution in [1.82, 2.24) is 14.8 Å². The lowest BCUT2D eigenvalue weighted by molar-refractivity contribution is 0.101. The number of rotatable bonds is 6. The lowest BCUT2D eigenvalue weighted by atomic mass is 10.1. The number of hydrogen-bond acceptors (Lipinski definition) is 5. The number of ketones is 1. The van der Waals surface area contributed by atoms with Crippen LogP contribution in [0.3, 0.4) is 0 Å². The first-order valence-electron chi connectivity index (χ1n) is 6.58. The Morgan fingerprint density at radius 1 is 1.52 bits per heavy atom. The number of thioether (sulfide) groups is 1. The van der Waals surface area contributed by atoms with Crippen LogP contribution in [0.4, 0.5) is 4.39 Å². The largest absolute Gasteiger partial charge is 0.496 e. The van der Waals surface area contributed by atoms with Crippen molar-refractivity contribution in [2.24, 2.45) is 0 Å². The van der Waals surface area contributed by atoms with Gasteiger partial charge < -0.3 is 9.30 Å². The molecular weight excluding hydrogens is 293 g/mol. The summed E-state index contributed by atoms with van der Waals surface area (Å²) in [4.78, 5) is 12.2. The van der Waals surface area contributed by atoms with Crippen molar-refractivity contribution >= 4 is 17.5 Å². The van der Waals surface area contributed by atoms with Crippen molar-refractivity contribution in [2.45, 2.75) is 24.0 Å². The number of carbonyl (C=O) groups excluding carboxylic acids is 1. The first-order chi connectivity index (χ1) is 10.2. The van der Waals surface area contributed by atoms with Gasteiger partial charge in [-0.3, -0.25) is 4.79 Å². The molecule has 3 rings (SSSR count). The zero-order valence-electron chi connectivity index (χ0n) is 11.5. The minimum absolute atomic E-state index is 0.172. The van der Waals surface area contributed by atoms with Gasteiger partial charge in [-0.1, -0.05) is 11.8 Å². The van der Waals surface area contributed by atoms with E-state index in [1.54, 1.807) is 6.33 Å². The topological polar surface area (TPSA) is 57.0 Å². The highest BCUT2D eigenvalue weighted by atomic mass is 32.2. The Morgan fingerprint density at radius 3 is 3.05 bits per heavy atom. The Labute approximate surface area is 125 Å². The van der Waals surface area contributed by atoms with E-state index >= 15 is 0 Å². The van der Waals surface area contributed by atoms with Crippen LogP contribution in [0.15, 0.2) is 29.7 Å². The number of aromatic nitrogens is 3. The minimum atomic E-state index is -0.453. The van der Waals surface area contributed by atoms with Crippen LogP contribution >= 0.6 is 11.8 Å². The highest BCUT2D eigenvalue weighted by Gasteiger charge is 2.26. The van der Waals surface area contributed by atoms with E-state index in [1.165, 1.54) is 37.1 Å². The van der Waals surface area contributed by atoms with Gasteiger partial charge in [0.25, 0.3) is 0 Å². The van der Waals surface area contributed by atoms with Crippen molar-refractivity contribution < 1.29 is 13.9 Å². The number of carbonyl (C=O) groups is 1. The van der Waals surface area contributed by atoms with E-state index < -0.39 is 5.82 Å². The number of ether oxygens (including phenoxy) is 1. The molecule has 0 bridgehead atoms. The predicted octanol–water partition coefficient (Wildman–Crippen LogP) is 2.74. The highest BCUT2D eigenvalue weighted by Crippen LogP contribution is 2.37. The molecule has 0 radical (unpaired) electrons. The van der Waals surface area contributed by atoms with Gasteiger partial charge in [0.05, 0.1) is 18.4 Å². The Morgan fingerprint density at radius 2 is 2.33 bits per heavy atom. The van der Waals surface area contributed by atoms with Crippen LogP contribution in [0.5, 0.6) is 5.75 Å². The van der Waals surface area contributed by atoms with E-state index in [0.717, 1.165) is 18.0 Å². The lowest BCUT2D eigenvalue weighted by Crippen LogP contribution is -2.07. The van der Waals surface area contributed by atoms with Crippen LogP contribution in [0.1, 0.15) is 29.2 Å². The van der Waals surface area contributed by atoms with Crippen LogP contribution in [-0.2, 0) is 0 Å². The molecule has 21 heavy (non-hydrogen) atoms. The molecule has 2 aromatic rings. The maximum atomic E-state index is 13.3. The fourth-order valence-corrected chi connectivity index (χ4v) is 2.91. The second-order valence-corrected chi connectivity index (χ2v) is 5.75. The molecule has 1 aromatic carbocycles. The average Bonchev–Trinajstić information content (AvgIpc) is 3.23. The molecule has 0 spiro atoms.